The lowest BCUT2D eigenvalue weighted by Gasteiger charge is -2.32. The highest BCUT2D eigenvalue weighted by molar-refractivity contribution is 6.15. The zero-order valence-corrected chi connectivity index (χ0v) is 11.9. The molecule has 0 saturated carbocycles. The fourth-order valence-corrected chi connectivity index (χ4v) is 1.88. The second-order valence-electron chi connectivity index (χ2n) is 4.95. The van der Waals surface area contributed by atoms with Crippen LogP contribution in [0.3, 0.4) is 0 Å². The third-order valence-corrected chi connectivity index (χ3v) is 3.34. The highest BCUT2D eigenvalue weighted by Crippen LogP contribution is 2.36. The van der Waals surface area contributed by atoms with Crippen LogP contribution in [0.4, 0.5) is 0 Å². The molecule has 9 N–H and O–H groups in total. The molecule has 0 amide bonds. The molecule has 0 saturated heterocycles. The van der Waals surface area contributed by atoms with Gasteiger partial charge in [-0.1, -0.05) is 0 Å². The van der Waals surface area contributed by atoms with E-state index in [0.29, 0.717) is 12.1 Å². The van der Waals surface area contributed by atoms with Crippen molar-refractivity contribution in [1.29, 1.82) is 0 Å². The van der Waals surface area contributed by atoms with Gasteiger partial charge < -0.3 is 46.0 Å². The Kier molecular flexibility index (Phi) is 5.71. The molecule has 0 heterocycles. The molecule has 0 aliphatic carbocycles. The van der Waals surface area contributed by atoms with Crippen molar-refractivity contribution in [2.75, 3.05) is 6.61 Å². The molecule has 4 unspecified atom stereocenters. The lowest BCUT2D eigenvalue weighted by atomic mass is 9.83. The minimum absolute atomic E-state index is 0.507. The van der Waals surface area contributed by atoms with Gasteiger partial charge in [-0.25, -0.2) is 4.79 Å². The predicted molar refractivity (Wildman–Crippen MR) is 73.5 cm³/mol. The Balaban J connectivity index is 3.38. The molecular weight excluding hydrogens is 332 g/mol. The summed E-state index contributed by atoms with van der Waals surface area (Å²) in [5.74, 6) is -7.12. The molecule has 1 aromatic carbocycles. The number of phenolic OH excluding ortho intramolecular Hbond substituents is 3. The number of aromatic hydroxyl groups is 3. The summed E-state index contributed by atoms with van der Waals surface area (Å²) in [4.78, 5) is 23.5. The molecule has 4 atom stereocenters. The third kappa shape index (κ3) is 3.25. The normalized spacial score (nSPS) is 17.5. The summed E-state index contributed by atoms with van der Waals surface area (Å²) in [7, 11) is 0. The van der Waals surface area contributed by atoms with Crippen molar-refractivity contribution in [2.45, 2.75) is 23.9 Å². The first-order valence-corrected chi connectivity index (χ1v) is 6.39. The van der Waals surface area contributed by atoms with Crippen LogP contribution >= 0.6 is 0 Å². The molecule has 11 heteroatoms. The first-order chi connectivity index (χ1) is 11.0. The van der Waals surface area contributed by atoms with E-state index >= 15 is 0 Å². The Labute approximate surface area is 133 Å². The van der Waals surface area contributed by atoms with Gasteiger partial charge in [-0.05, 0) is 12.1 Å². The van der Waals surface area contributed by atoms with Gasteiger partial charge in [0.15, 0.2) is 17.2 Å². The van der Waals surface area contributed by atoms with Gasteiger partial charge in [0, 0.05) is 5.56 Å². The van der Waals surface area contributed by atoms with E-state index in [-0.39, 0.29) is 0 Å². The Bertz CT molecular complexity index is 620. The topological polar surface area (TPSA) is 216 Å². The molecule has 0 aromatic heterocycles. The van der Waals surface area contributed by atoms with E-state index in [1.54, 1.807) is 0 Å². The molecule has 0 bridgehead atoms. The Morgan fingerprint density at radius 2 is 1.50 bits per heavy atom. The summed E-state index contributed by atoms with van der Waals surface area (Å²) in [6.07, 6.45) is -7.26. The molecule has 0 radical (unpaired) electrons. The second-order valence-corrected chi connectivity index (χ2v) is 4.95. The van der Waals surface area contributed by atoms with Crippen molar-refractivity contribution in [2.24, 2.45) is 0 Å². The summed E-state index contributed by atoms with van der Waals surface area (Å²) in [5, 5.41) is 84.2. The Morgan fingerprint density at radius 1 is 1.04 bits per heavy atom. The third-order valence-electron chi connectivity index (χ3n) is 3.34. The van der Waals surface area contributed by atoms with E-state index in [1.165, 1.54) is 0 Å². The maximum absolute atomic E-state index is 12.2. The van der Waals surface area contributed by atoms with Crippen LogP contribution in [-0.4, -0.2) is 88.2 Å². The number of carbonyl (C=O) groups is 2. The fourth-order valence-electron chi connectivity index (χ4n) is 1.88. The summed E-state index contributed by atoms with van der Waals surface area (Å²) in [5.41, 5.74) is -4.51. The van der Waals surface area contributed by atoms with E-state index in [2.05, 4.69) is 0 Å². The Morgan fingerprint density at radius 3 is 1.88 bits per heavy atom. The number of carbonyl (C=O) groups excluding carboxylic acids is 1. The van der Waals surface area contributed by atoms with E-state index in [9.17, 15) is 45.3 Å². The van der Waals surface area contributed by atoms with Gasteiger partial charge in [-0.2, -0.15) is 0 Å². The number of hydrogen-bond donors (Lipinski definition) is 9. The minimum Gasteiger partial charge on any atom is -0.504 e. The van der Waals surface area contributed by atoms with E-state index in [0.717, 1.165) is 0 Å². The van der Waals surface area contributed by atoms with Gasteiger partial charge in [0.05, 0.1) is 6.61 Å². The van der Waals surface area contributed by atoms with Crippen molar-refractivity contribution in [3.8, 4) is 17.2 Å². The first kappa shape index (κ1) is 19.6. The summed E-state index contributed by atoms with van der Waals surface area (Å²) in [6.45, 7) is -1.11. The van der Waals surface area contributed by atoms with Gasteiger partial charge in [0.1, 0.15) is 18.3 Å². The number of aliphatic carboxylic acids is 1. The zero-order chi connectivity index (χ0) is 18.8. The first-order valence-electron chi connectivity index (χ1n) is 6.39. The average Bonchev–Trinajstić information content (AvgIpc) is 2.55. The number of ketones is 1. The molecule has 1 rings (SSSR count). The number of hydrogen-bond acceptors (Lipinski definition) is 10. The lowest BCUT2D eigenvalue weighted by molar-refractivity contribution is -0.179. The molecule has 134 valence electrons. The van der Waals surface area contributed by atoms with Gasteiger partial charge in [0.2, 0.25) is 5.78 Å². The van der Waals surface area contributed by atoms with Crippen LogP contribution < -0.4 is 0 Å². The highest BCUT2D eigenvalue weighted by Gasteiger charge is 2.55. The standard InChI is InChI=1S/C13H16O11/c14-3-7(17)9(19)11(21)13(24,12(22)23)10(20)4-1-5(15)8(18)6(16)2-4/h1-2,7,9,11,14-19,21,24H,3H2,(H,22,23). The lowest BCUT2D eigenvalue weighted by Crippen LogP contribution is -2.62. The molecule has 0 aliphatic heterocycles. The van der Waals surface area contributed by atoms with Crippen molar-refractivity contribution in [3.05, 3.63) is 17.7 Å². The smallest absolute Gasteiger partial charge is 0.346 e. The average molecular weight is 348 g/mol. The molecule has 0 spiro atoms. The van der Waals surface area contributed by atoms with Gasteiger partial charge in [-0.3, -0.25) is 4.79 Å². The van der Waals surface area contributed by atoms with Gasteiger partial charge >= 0.3 is 5.97 Å². The number of aliphatic hydroxyl groups is 5. The van der Waals surface area contributed by atoms with Crippen LogP contribution in [0, 0.1) is 0 Å². The van der Waals surface area contributed by atoms with Crippen molar-refractivity contribution < 1.29 is 55.5 Å². The van der Waals surface area contributed by atoms with Crippen LogP contribution in [-0.2, 0) is 4.79 Å². The highest BCUT2D eigenvalue weighted by atomic mass is 16.4. The maximum atomic E-state index is 12.2. The summed E-state index contributed by atoms with van der Waals surface area (Å²) >= 11 is 0. The Hall–Kier alpha value is -2.44. The number of rotatable bonds is 7. The van der Waals surface area contributed by atoms with Crippen LogP contribution in [0.2, 0.25) is 0 Å². The van der Waals surface area contributed by atoms with Gasteiger partial charge in [-0.15, -0.1) is 0 Å². The van der Waals surface area contributed by atoms with Crippen molar-refractivity contribution >= 4 is 11.8 Å². The molecule has 11 nitrogen and oxygen atoms in total. The molecule has 24 heavy (non-hydrogen) atoms. The van der Waals surface area contributed by atoms with Crippen LogP contribution in [0.5, 0.6) is 17.2 Å². The predicted octanol–water partition coefficient (Wildman–Crippen LogP) is -3.12. The SMILES string of the molecule is O=C(O)C(O)(C(=O)c1cc(O)c(O)c(O)c1)C(O)C(O)C(O)CO. The number of Topliss-reactive ketones (excluding diaryl/α,β-unsaturated/α-hetero) is 1. The van der Waals surface area contributed by atoms with Crippen LogP contribution in [0.1, 0.15) is 10.4 Å². The number of phenols is 3. The maximum Gasteiger partial charge on any atom is 0.346 e. The van der Waals surface area contributed by atoms with Crippen molar-refractivity contribution in [1.82, 2.24) is 0 Å². The fraction of sp³-hybridized carbons (Fsp3) is 0.385. The molecule has 1 aromatic rings. The number of aliphatic hydroxyl groups excluding tert-OH is 4. The molecule has 0 fully saturated rings. The van der Waals surface area contributed by atoms with Crippen molar-refractivity contribution in [3.63, 3.8) is 0 Å². The van der Waals surface area contributed by atoms with Crippen LogP contribution in [0.15, 0.2) is 12.1 Å². The number of carboxylic acids is 1. The van der Waals surface area contributed by atoms with E-state index in [4.69, 9.17) is 10.2 Å². The number of benzene rings is 1. The minimum atomic E-state index is -3.69. The van der Waals surface area contributed by atoms with Gasteiger partial charge in [0.25, 0.3) is 5.60 Å². The monoisotopic (exact) mass is 348 g/mol. The van der Waals surface area contributed by atoms with E-state index in [1.807, 2.05) is 0 Å². The summed E-state index contributed by atoms with van der Waals surface area (Å²) < 4.78 is 0. The molecule has 0 aliphatic rings. The van der Waals surface area contributed by atoms with E-state index < -0.39 is 65.1 Å². The number of carboxylic acid groups (broad SMARTS) is 1. The largest absolute Gasteiger partial charge is 0.504 e. The second kappa shape index (κ2) is 6.98. The zero-order valence-electron chi connectivity index (χ0n) is 11.9. The molecular formula is C13H16O11. The van der Waals surface area contributed by atoms with Crippen LogP contribution in [0.25, 0.3) is 0 Å². The summed E-state index contributed by atoms with van der Waals surface area (Å²) in [6, 6.07) is 1.01. The quantitative estimate of drug-likeness (QED) is 0.136.